The Morgan fingerprint density at radius 1 is 2.00 bits per heavy atom. The van der Waals surface area contributed by atoms with Gasteiger partial charge in [0, 0.05) is 12.3 Å². The monoisotopic (exact) mass is 82.1 g/mol. The van der Waals surface area contributed by atoms with Gasteiger partial charge in [-0.25, -0.2) is 0 Å². The molecule has 0 amide bonds. The molecule has 0 aliphatic rings. The van der Waals surface area contributed by atoms with Crippen LogP contribution in [0.2, 0.25) is 0 Å². The summed E-state index contributed by atoms with van der Waals surface area (Å²) in [5.74, 6) is 0. The van der Waals surface area contributed by atoms with E-state index >= 15 is 0 Å². The highest BCUT2D eigenvalue weighted by molar-refractivity contribution is 4.25. The molecule has 32 valence electrons. The third-order valence-electron chi connectivity index (χ3n) is 0.149. The fraction of sp³-hybridized carbons (Fsp3) is 1.00. The van der Waals surface area contributed by atoms with E-state index in [0.717, 1.165) is 0 Å². The zero-order valence-electron chi connectivity index (χ0n) is 11.6. The first-order valence-corrected chi connectivity index (χ1v) is 1.04. The third kappa shape index (κ3) is 3.96. The molecule has 0 aromatic heterocycles. The minimum absolute atomic E-state index is 0.0926. The van der Waals surface area contributed by atoms with Crippen LogP contribution in [0.1, 0.15) is 19.2 Å². The van der Waals surface area contributed by atoms with Crippen LogP contribution >= 0.6 is 0 Å². The van der Waals surface area contributed by atoms with Crippen molar-refractivity contribution >= 4 is 0 Å². The molecule has 0 rings (SSSR count). The molecule has 1 nitrogen and oxygen atoms in total. The summed E-state index contributed by atoms with van der Waals surface area (Å²) < 4.78 is 62.0. The summed E-state index contributed by atoms with van der Waals surface area (Å²) in [6, 6.07) is 0. The Kier molecular flexibility index (Phi) is 0.205. The Bertz CT molecular complexity index is 166. The molecule has 0 saturated heterocycles. The van der Waals surface area contributed by atoms with Gasteiger partial charge in [0.1, 0.15) is 0 Å². The van der Waals surface area contributed by atoms with Crippen LogP contribution in [0.15, 0.2) is 0 Å². The highest BCUT2D eigenvalue weighted by Crippen LogP contribution is 1.63. The molecule has 0 spiro atoms. The van der Waals surface area contributed by atoms with E-state index in [2.05, 4.69) is 0 Å². The van der Waals surface area contributed by atoms with E-state index in [1.165, 1.54) is 0 Å². The number of rotatable bonds is 1. The average Bonchev–Trinajstić information content (AvgIpc) is 1.79. The molecule has 0 radical (unpaired) electrons. The second-order valence-corrected chi connectivity index (χ2v) is 0.519. The van der Waals surface area contributed by atoms with E-state index in [-0.39, 0.29) is 4.90 Å². The smallest absolute Gasteiger partial charge is 0.0427 e. The van der Waals surface area contributed by atoms with Crippen LogP contribution in [-0.4, -0.2) is 25.4 Å². The lowest BCUT2D eigenvalue weighted by Gasteiger charge is -2.00. The lowest BCUT2D eigenvalue weighted by atomic mass is 10.7. The van der Waals surface area contributed by atoms with Crippen molar-refractivity contribution in [2.75, 3.05) is 20.5 Å². The molecular formula is C4H11N. The zero-order chi connectivity index (χ0) is 11.7. The SMILES string of the molecule is [2H]C([2H])C([2H])N(C([2H])([2H])[2H])C([2H])([2H])[2H]. The predicted octanol–water partition coefficient (Wildman–Crippen LogP) is 0.568. The van der Waals surface area contributed by atoms with Gasteiger partial charge in [-0.1, -0.05) is 6.88 Å². The van der Waals surface area contributed by atoms with Crippen molar-refractivity contribution in [1.82, 2.24) is 4.90 Å². The summed E-state index contributed by atoms with van der Waals surface area (Å²) in [7, 11) is 0. The normalized spacial score (nSPS) is 48.0. The first-order valence-electron chi connectivity index (χ1n) is 5.77. The van der Waals surface area contributed by atoms with Gasteiger partial charge in [0.05, 0.1) is 0 Å². The van der Waals surface area contributed by atoms with E-state index < -0.39 is 27.3 Å². The summed E-state index contributed by atoms with van der Waals surface area (Å²) >= 11 is 0. The molecule has 0 N–H and O–H groups in total. The van der Waals surface area contributed by atoms with Crippen LogP contribution in [0.4, 0.5) is 0 Å². The first kappa shape index (κ1) is 0.463. The molecule has 5 heavy (non-hydrogen) atoms. The van der Waals surface area contributed by atoms with E-state index in [9.17, 15) is 0 Å². The van der Waals surface area contributed by atoms with Crippen molar-refractivity contribution in [2.24, 2.45) is 0 Å². The highest BCUT2D eigenvalue weighted by Gasteiger charge is 1.72. The van der Waals surface area contributed by atoms with Crippen molar-refractivity contribution in [3.8, 4) is 0 Å². The fourth-order valence-electron chi connectivity index (χ4n) is 0. The maximum atomic E-state index is 7.13. The number of nitrogens with zero attached hydrogens (tertiary/aromatic N) is 1. The highest BCUT2D eigenvalue weighted by atomic mass is 15.0. The Hall–Kier alpha value is -0.0400. The van der Waals surface area contributed by atoms with Crippen molar-refractivity contribution in [2.45, 2.75) is 6.88 Å². The van der Waals surface area contributed by atoms with E-state index in [1.54, 1.807) is 0 Å². The number of hydrogen-bond acceptors (Lipinski definition) is 1. The van der Waals surface area contributed by atoms with Crippen LogP contribution in [-0.2, 0) is 0 Å². The molecule has 0 saturated carbocycles. The van der Waals surface area contributed by atoms with E-state index in [1.807, 2.05) is 0 Å². The van der Waals surface area contributed by atoms with Crippen molar-refractivity contribution in [1.29, 1.82) is 0 Å². The Labute approximate surface area is 46.2 Å². The molecule has 0 aliphatic carbocycles. The van der Waals surface area contributed by atoms with Gasteiger partial charge in [0.15, 0.2) is 0 Å². The fourth-order valence-corrected chi connectivity index (χ4v) is 0. The van der Waals surface area contributed by atoms with Crippen molar-refractivity contribution < 1.29 is 12.3 Å². The zero-order valence-corrected chi connectivity index (χ0v) is 2.60. The van der Waals surface area contributed by atoms with Gasteiger partial charge < -0.3 is 4.90 Å². The first-order chi connectivity index (χ1) is 5.98. The predicted molar refractivity (Wildman–Crippen MR) is 24.2 cm³/mol. The van der Waals surface area contributed by atoms with E-state index in [4.69, 9.17) is 12.3 Å². The lowest BCUT2D eigenvalue weighted by Crippen LogP contribution is -2.08. The largest absolute Gasteiger partial charge is 0.310 e. The minimum atomic E-state index is -3.00. The standard InChI is InChI=1S/C4H11N/c1-4-5(2)3/h4H2,1-3H3/i1D2,2D3,3D3,4D. The van der Waals surface area contributed by atoms with Gasteiger partial charge in [0.25, 0.3) is 0 Å². The second-order valence-electron chi connectivity index (χ2n) is 0.519. The Balaban J connectivity index is 4.94. The van der Waals surface area contributed by atoms with Gasteiger partial charge in [-0.2, -0.15) is 0 Å². The maximum absolute atomic E-state index is 7.13. The van der Waals surface area contributed by atoms with Crippen molar-refractivity contribution in [3.05, 3.63) is 0 Å². The third-order valence-corrected chi connectivity index (χ3v) is 0.149. The summed E-state index contributed by atoms with van der Waals surface area (Å²) in [6.45, 7) is -9.78. The number of hydrogen-bond donors (Lipinski definition) is 0. The molecule has 0 fully saturated rings. The van der Waals surface area contributed by atoms with E-state index in [0.29, 0.717) is 0 Å². The summed E-state index contributed by atoms with van der Waals surface area (Å²) in [6.07, 6.45) is 0. The molecule has 0 bridgehead atoms. The van der Waals surface area contributed by atoms with Gasteiger partial charge in [-0.15, -0.1) is 0 Å². The molecule has 0 aliphatic heterocycles. The van der Waals surface area contributed by atoms with Crippen LogP contribution in [0, 0.1) is 0 Å². The Morgan fingerprint density at radius 2 is 2.80 bits per heavy atom. The molecule has 1 unspecified atom stereocenters. The molecular weight excluding hydrogens is 62.1 g/mol. The molecule has 0 aromatic carbocycles. The second kappa shape index (κ2) is 2.21. The Morgan fingerprint density at radius 3 is 3.00 bits per heavy atom. The van der Waals surface area contributed by atoms with Crippen LogP contribution in [0.5, 0.6) is 0 Å². The summed E-state index contributed by atoms with van der Waals surface area (Å²) in [4.78, 5) is -0.0926. The topological polar surface area (TPSA) is 3.24 Å². The summed E-state index contributed by atoms with van der Waals surface area (Å²) in [5.41, 5.74) is 0. The molecule has 0 aromatic rings. The van der Waals surface area contributed by atoms with Gasteiger partial charge in [0.2, 0.25) is 0 Å². The maximum Gasteiger partial charge on any atom is 0.0427 e. The average molecular weight is 82.2 g/mol. The van der Waals surface area contributed by atoms with Gasteiger partial charge in [-0.05, 0) is 20.5 Å². The van der Waals surface area contributed by atoms with Gasteiger partial charge >= 0.3 is 0 Å². The quantitative estimate of drug-likeness (QED) is 0.447. The van der Waals surface area contributed by atoms with Gasteiger partial charge in [-0.3, -0.25) is 0 Å². The molecule has 1 atom stereocenters. The van der Waals surface area contributed by atoms with Crippen LogP contribution in [0.3, 0.4) is 0 Å². The molecule has 1 heteroatoms. The lowest BCUT2D eigenvalue weighted by molar-refractivity contribution is 0.434. The molecule has 0 heterocycles. The minimum Gasteiger partial charge on any atom is -0.310 e. The van der Waals surface area contributed by atoms with Crippen LogP contribution in [0.25, 0.3) is 0 Å². The van der Waals surface area contributed by atoms with Crippen LogP contribution < -0.4 is 0 Å². The van der Waals surface area contributed by atoms with Crippen molar-refractivity contribution in [3.63, 3.8) is 0 Å². The summed E-state index contributed by atoms with van der Waals surface area (Å²) in [5, 5.41) is 0.